The molecule has 0 aliphatic carbocycles. The summed E-state index contributed by atoms with van der Waals surface area (Å²) in [6, 6.07) is 0. The van der Waals surface area contributed by atoms with Gasteiger partial charge in [0.1, 0.15) is 0 Å². The molecule has 2 aromatic rings. The van der Waals surface area contributed by atoms with Gasteiger partial charge in [0.05, 0.1) is 11.8 Å². The molecule has 0 unspecified atom stereocenters. The van der Waals surface area contributed by atoms with Crippen LogP contribution in [-0.4, -0.2) is 19.6 Å². The second-order valence-corrected chi connectivity index (χ2v) is 3.74. The molecular weight excluding hydrogens is 192 g/mol. The van der Waals surface area contributed by atoms with E-state index in [9.17, 15) is 4.79 Å². The summed E-state index contributed by atoms with van der Waals surface area (Å²) in [7, 11) is 3.58. The Morgan fingerprint density at radius 2 is 2.00 bits per heavy atom. The summed E-state index contributed by atoms with van der Waals surface area (Å²) in [6.07, 6.45) is 1.73. The predicted molar refractivity (Wildman–Crippen MR) is 57.7 cm³/mol. The molecule has 2 heterocycles. The molecule has 2 rings (SSSR count). The number of nitrogens with zero attached hydrogens (tertiary/aromatic N) is 3. The minimum absolute atomic E-state index is 0.0106. The van der Waals surface area contributed by atoms with Gasteiger partial charge in [0.15, 0.2) is 0 Å². The lowest BCUT2D eigenvalue weighted by Gasteiger charge is -1.97. The van der Waals surface area contributed by atoms with E-state index in [1.54, 1.807) is 17.9 Å². The van der Waals surface area contributed by atoms with Gasteiger partial charge >= 0.3 is 0 Å². The molecule has 0 saturated heterocycles. The Balaban J connectivity index is 2.74. The van der Waals surface area contributed by atoms with E-state index >= 15 is 0 Å². The largest absolute Gasteiger partial charge is 0.300 e. The van der Waals surface area contributed by atoms with E-state index in [2.05, 4.69) is 10.2 Å². The summed E-state index contributed by atoms with van der Waals surface area (Å²) in [5.41, 5.74) is 3.47. The molecule has 1 N–H and O–H groups in total. The molecule has 0 amide bonds. The van der Waals surface area contributed by atoms with Gasteiger partial charge in [-0.15, -0.1) is 0 Å². The van der Waals surface area contributed by atoms with Crippen LogP contribution in [0.3, 0.4) is 0 Å². The average molecular weight is 206 g/mol. The second-order valence-electron chi connectivity index (χ2n) is 3.74. The van der Waals surface area contributed by atoms with Crippen molar-refractivity contribution in [1.82, 2.24) is 19.6 Å². The molecule has 80 valence electrons. The van der Waals surface area contributed by atoms with E-state index in [1.165, 1.54) is 4.68 Å². The average Bonchev–Trinajstić information content (AvgIpc) is 2.60. The fourth-order valence-electron chi connectivity index (χ4n) is 1.75. The van der Waals surface area contributed by atoms with E-state index in [1.807, 2.05) is 20.9 Å². The van der Waals surface area contributed by atoms with Gasteiger partial charge in [-0.05, 0) is 13.8 Å². The van der Waals surface area contributed by atoms with Crippen LogP contribution in [-0.2, 0) is 14.1 Å². The van der Waals surface area contributed by atoms with Crippen LogP contribution in [0.4, 0.5) is 0 Å². The zero-order valence-corrected chi connectivity index (χ0v) is 9.33. The summed E-state index contributed by atoms with van der Waals surface area (Å²) in [5, 5.41) is 7.12. The monoisotopic (exact) mass is 206 g/mol. The molecule has 5 heteroatoms. The highest BCUT2D eigenvalue weighted by Gasteiger charge is 2.15. The number of rotatable bonds is 1. The SMILES string of the molecule is Cc1[nH]n(C)c(=O)c1-c1cnn(C)c1C. The van der Waals surface area contributed by atoms with Crippen molar-refractivity contribution in [3.8, 4) is 11.1 Å². The third-order valence-electron chi connectivity index (χ3n) is 2.73. The topological polar surface area (TPSA) is 55.6 Å². The van der Waals surface area contributed by atoms with Gasteiger partial charge in [0, 0.05) is 31.0 Å². The Labute approximate surface area is 87.3 Å². The molecule has 2 aromatic heterocycles. The number of hydrogen-bond acceptors (Lipinski definition) is 2. The number of nitrogens with one attached hydrogen (secondary N) is 1. The lowest BCUT2D eigenvalue weighted by atomic mass is 10.1. The zero-order valence-electron chi connectivity index (χ0n) is 9.33. The number of aryl methyl sites for hydroxylation is 3. The Hall–Kier alpha value is -1.78. The fraction of sp³-hybridized carbons (Fsp3) is 0.400. The van der Waals surface area contributed by atoms with E-state index < -0.39 is 0 Å². The van der Waals surface area contributed by atoms with E-state index in [0.717, 1.165) is 17.0 Å². The first-order chi connectivity index (χ1) is 7.02. The van der Waals surface area contributed by atoms with Gasteiger partial charge < -0.3 is 0 Å². The normalized spacial score (nSPS) is 10.9. The highest BCUT2D eigenvalue weighted by Crippen LogP contribution is 2.21. The maximum absolute atomic E-state index is 11.8. The first-order valence-corrected chi connectivity index (χ1v) is 4.77. The van der Waals surface area contributed by atoms with Crippen LogP contribution in [0.1, 0.15) is 11.4 Å². The van der Waals surface area contributed by atoms with Gasteiger partial charge in [-0.25, -0.2) is 0 Å². The van der Waals surface area contributed by atoms with Gasteiger partial charge in [0.2, 0.25) is 0 Å². The van der Waals surface area contributed by atoms with Crippen LogP contribution in [0.15, 0.2) is 11.0 Å². The smallest absolute Gasteiger partial charge is 0.274 e. The maximum atomic E-state index is 11.8. The van der Waals surface area contributed by atoms with E-state index in [0.29, 0.717) is 5.56 Å². The van der Waals surface area contributed by atoms with Crippen LogP contribution >= 0.6 is 0 Å². The molecule has 15 heavy (non-hydrogen) atoms. The Bertz CT molecular complexity index is 558. The molecule has 0 aliphatic heterocycles. The maximum Gasteiger partial charge on any atom is 0.274 e. The van der Waals surface area contributed by atoms with Crippen molar-refractivity contribution in [2.24, 2.45) is 14.1 Å². The molecule has 0 bridgehead atoms. The first kappa shape index (κ1) is 9.76. The molecule has 0 aliphatic rings. The molecule has 0 fully saturated rings. The Morgan fingerprint density at radius 3 is 2.40 bits per heavy atom. The molecule has 0 spiro atoms. The Morgan fingerprint density at radius 1 is 1.33 bits per heavy atom. The number of hydrogen-bond donors (Lipinski definition) is 1. The summed E-state index contributed by atoms with van der Waals surface area (Å²) < 4.78 is 3.25. The van der Waals surface area contributed by atoms with Crippen molar-refractivity contribution in [3.63, 3.8) is 0 Å². The van der Waals surface area contributed by atoms with Crippen molar-refractivity contribution >= 4 is 0 Å². The van der Waals surface area contributed by atoms with Gasteiger partial charge in [-0.1, -0.05) is 0 Å². The lowest BCUT2D eigenvalue weighted by Crippen LogP contribution is -2.13. The minimum atomic E-state index is -0.0106. The van der Waals surface area contributed by atoms with Crippen LogP contribution in [0, 0.1) is 13.8 Å². The van der Waals surface area contributed by atoms with Crippen LogP contribution in [0.5, 0.6) is 0 Å². The molecule has 0 aromatic carbocycles. The molecule has 0 atom stereocenters. The highest BCUT2D eigenvalue weighted by molar-refractivity contribution is 5.66. The molecule has 0 saturated carbocycles. The van der Waals surface area contributed by atoms with E-state index in [-0.39, 0.29) is 5.56 Å². The number of H-pyrrole nitrogens is 1. The van der Waals surface area contributed by atoms with Crippen LogP contribution < -0.4 is 5.56 Å². The minimum Gasteiger partial charge on any atom is -0.300 e. The van der Waals surface area contributed by atoms with Crippen molar-refractivity contribution in [2.45, 2.75) is 13.8 Å². The molecule has 0 radical (unpaired) electrons. The summed E-state index contributed by atoms with van der Waals surface area (Å²) in [4.78, 5) is 11.8. The van der Waals surface area contributed by atoms with E-state index in [4.69, 9.17) is 0 Å². The van der Waals surface area contributed by atoms with Gasteiger partial charge in [0.25, 0.3) is 5.56 Å². The second kappa shape index (κ2) is 3.12. The number of aromatic nitrogens is 4. The third kappa shape index (κ3) is 1.31. The lowest BCUT2D eigenvalue weighted by molar-refractivity contribution is 0.731. The van der Waals surface area contributed by atoms with Crippen LogP contribution in [0.2, 0.25) is 0 Å². The summed E-state index contributed by atoms with van der Waals surface area (Å²) in [6.45, 7) is 3.84. The van der Waals surface area contributed by atoms with Crippen molar-refractivity contribution in [2.75, 3.05) is 0 Å². The summed E-state index contributed by atoms with van der Waals surface area (Å²) >= 11 is 0. The highest BCUT2D eigenvalue weighted by atomic mass is 16.1. The first-order valence-electron chi connectivity index (χ1n) is 4.77. The fourth-order valence-corrected chi connectivity index (χ4v) is 1.75. The zero-order chi connectivity index (χ0) is 11.2. The predicted octanol–water partition coefficient (Wildman–Crippen LogP) is 0.731. The Kier molecular flexibility index (Phi) is 2.03. The standard InChI is InChI=1S/C10H14N4O/c1-6-9(10(15)14(4)12-6)8-5-11-13(3)7(8)2/h5,12H,1-4H3. The summed E-state index contributed by atoms with van der Waals surface area (Å²) in [5.74, 6) is 0. The number of aromatic amines is 1. The quantitative estimate of drug-likeness (QED) is 0.747. The van der Waals surface area contributed by atoms with Crippen molar-refractivity contribution in [1.29, 1.82) is 0 Å². The van der Waals surface area contributed by atoms with Crippen molar-refractivity contribution in [3.05, 3.63) is 27.9 Å². The third-order valence-corrected chi connectivity index (χ3v) is 2.73. The van der Waals surface area contributed by atoms with Gasteiger partial charge in [-0.3, -0.25) is 19.3 Å². The van der Waals surface area contributed by atoms with Gasteiger partial charge in [-0.2, -0.15) is 5.10 Å². The molecule has 5 nitrogen and oxygen atoms in total. The molecular formula is C10H14N4O. The van der Waals surface area contributed by atoms with Crippen molar-refractivity contribution < 1.29 is 0 Å². The van der Waals surface area contributed by atoms with Crippen LogP contribution in [0.25, 0.3) is 11.1 Å².